The molecule has 0 aliphatic heterocycles. The number of aliphatic hydroxyl groups is 1. The van der Waals surface area contributed by atoms with E-state index in [0.29, 0.717) is 5.92 Å². The molecule has 0 aromatic carbocycles. The van der Waals surface area contributed by atoms with Crippen LogP contribution in [0.1, 0.15) is 71.5 Å². The van der Waals surface area contributed by atoms with Gasteiger partial charge in [-0.05, 0) is 50.2 Å². The van der Waals surface area contributed by atoms with Gasteiger partial charge in [0.1, 0.15) is 5.82 Å². The first-order valence-electron chi connectivity index (χ1n) is 11.6. The lowest BCUT2D eigenvalue weighted by Crippen LogP contribution is -2.39. The van der Waals surface area contributed by atoms with E-state index in [-0.39, 0.29) is 36.0 Å². The summed E-state index contributed by atoms with van der Waals surface area (Å²) in [6.07, 6.45) is 11.0. The highest BCUT2D eigenvalue weighted by atomic mass is 127. The minimum atomic E-state index is 0. The molecule has 0 bridgehead atoms. The summed E-state index contributed by atoms with van der Waals surface area (Å²) >= 11 is 1.66. The normalized spacial score (nSPS) is 16.3. The zero-order valence-corrected chi connectivity index (χ0v) is 23.0. The van der Waals surface area contributed by atoms with Crippen molar-refractivity contribution in [3.8, 4) is 0 Å². The van der Waals surface area contributed by atoms with E-state index in [1.165, 1.54) is 32.1 Å². The third-order valence-electron chi connectivity index (χ3n) is 5.87. The van der Waals surface area contributed by atoms with E-state index in [0.717, 1.165) is 62.4 Å². The molecule has 1 aromatic heterocycles. The lowest BCUT2D eigenvalue weighted by atomic mass is 9.72. The highest BCUT2D eigenvalue weighted by molar-refractivity contribution is 14.0. The summed E-state index contributed by atoms with van der Waals surface area (Å²) in [4.78, 5) is 4.89. The maximum Gasteiger partial charge on any atom is 0.191 e. The van der Waals surface area contributed by atoms with Crippen molar-refractivity contribution >= 4 is 41.7 Å². The van der Waals surface area contributed by atoms with E-state index in [4.69, 9.17) is 4.99 Å². The lowest BCUT2D eigenvalue weighted by Gasteiger charge is -2.35. The second-order valence-electron chi connectivity index (χ2n) is 8.87. The Morgan fingerprint density at radius 3 is 2.58 bits per heavy atom. The van der Waals surface area contributed by atoms with Crippen molar-refractivity contribution < 1.29 is 5.11 Å². The van der Waals surface area contributed by atoms with Crippen LogP contribution >= 0.6 is 35.7 Å². The molecule has 1 heterocycles. The number of guanidine groups is 1. The molecule has 2 rings (SSSR count). The van der Waals surface area contributed by atoms with Gasteiger partial charge in [0.15, 0.2) is 11.1 Å². The first kappa shape index (κ1) is 28.5. The van der Waals surface area contributed by atoms with Gasteiger partial charge in [-0.1, -0.05) is 44.9 Å². The number of nitrogens with zero attached hydrogens (tertiary/aromatic N) is 4. The van der Waals surface area contributed by atoms with E-state index in [1.807, 2.05) is 0 Å². The van der Waals surface area contributed by atoms with Gasteiger partial charge in [0.2, 0.25) is 0 Å². The third kappa shape index (κ3) is 9.45. The van der Waals surface area contributed by atoms with Crippen molar-refractivity contribution in [1.29, 1.82) is 0 Å². The highest BCUT2D eigenvalue weighted by Gasteiger charge is 2.31. The second kappa shape index (κ2) is 15.3. The van der Waals surface area contributed by atoms with Gasteiger partial charge in [-0.3, -0.25) is 4.99 Å². The molecule has 1 fully saturated rings. The molecule has 7 nitrogen and oxygen atoms in total. The molecular weight excluding hydrogens is 523 g/mol. The van der Waals surface area contributed by atoms with Crippen LogP contribution in [0.5, 0.6) is 0 Å². The second-order valence-corrected chi connectivity index (χ2v) is 9.64. The number of thioether (sulfide) groups is 1. The van der Waals surface area contributed by atoms with Gasteiger partial charge in [-0.25, -0.2) is 0 Å². The van der Waals surface area contributed by atoms with Crippen LogP contribution in [0, 0.1) is 11.3 Å². The summed E-state index contributed by atoms with van der Waals surface area (Å²) in [5, 5.41) is 26.1. The molecule has 31 heavy (non-hydrogen) atoms. The SMILES string of the molecule is CCNC(=NCC1(CCO)CCCCC1)NCCCc1nnc(SC)n1CC(C)C.I. The number of hydrogen-bond donors (Lipinski definition) is 3. The van der Waals surface area contributed by atoms with Crippen LogP contribution < -0.4 is 10.6 Å². The maximum absolute atomic E-state index is 9.54. The Morgan fingerprint density at radius 2 is 1.97 bits per heavy atom. The first-order chi connectivity index (χ1) is 14.5. The number of aromatic nitrogens is 3. The molecule has 1 aromatic rings. The van der Waals surface area contributed by atoms with Crippen LogP contribution in [0.4, 0.5) is 0 Å². The molecule has 0 unspecified atom stereocenters. The predicted octanol–water partition coefficient (Wildman–Crippen LogP) is 4.09. The lowest BCUT2D eigenvalue weighted by molar-refractivity contribution is 0.137. The largest absolute Gasteiger partial charge is 0.396 e. The van der Waals surface area contributed by atoms with Gasteiger partial charge < -0.3 is 20.3 Å². The van der Waals surface area contributed by atoms with Crippen molar-refractivity contribution in [1.82, 2.24) is 25.4 Å². The first-order valence-corrected chi connectivity index (χ1v) is 12.8. The van der Waals surface area contributed by atoms with Gasteiger partial charge >= 0.3 is 0 Å². The van der Waals surface area contributed by atoms with Crippen molar-refractivity contribution in [2.24, 2.45) is 16.3 Å². The van der Waals surface area contributed by atoms with Crippen LogP contribution in [0.15, 0.2) is 10.1 Å². The molecule has 0 amide bonds. The Bertz CT molecular complexity index is 640. The number of nitrogens with one attached hydrogen (secondary N) is 2. The van der Waals surface area contributed by atoms with E-state index >= 15 is 0 Å². The molecule has 180 valence electrons. The summed E-state index contributed by atoms with van der Waals surface area (Å²) in [5.74, 6) is 2.53. The van der Waals surface area contributed by atoms with Gasteiger partial charge in [0.05, 0.1) is 0 Å². The van der Waals surface area contributed by atoms with Gasteiger partial charge in [-0.15, -0.1) is 34.2 Å². The van der Waals surface area contributed by atoms with Gasteiger partial charge in [-0.2, -0.15) is 0 Å². The fourth-order valence-electron chi connectivity index (χ4n) is 4.27. The van der Waals surface area contributed by atoms with E-state index in [9.17, 15) is 5.11 Å². The molecule has 0 saturated heterocycles. The standard InChI is InChI=1S/C22H42N6OS.HI/c1-5-23-20(25-17-22(13-15-29)11-7-6-8-12-22)24-14-9-10-19-26-27-21(30-4)28(19)16-18(2)3;/h18,29H,5-17H2,1-4H3,(H2,23,24,25);1H. The molecule has 1 aliphatic rings. The Kier molecular flexibility index (Phi) is 14.1. The molecule has 3 N–H and O–H groups in total. The quantitative estimate of drug-likeness (QED) is 0.116. The molecule has 0 atom stereocenters. The number of aliphatic imine (C=N–C) groups is 1. The molecular formula is C22H43IN6OS. The molecule has 1 aliphatic carbocycles. The van der Waals surface area contributed by atoms with Crippen molar-refractivity contribution in [3.63, 3.8) is 0 Å². The number of aliphatic hydroxyl groups excluding tert-OH is 1. The van der Waals surface area contributed by atoms with Crippen LogP contribution in [-0.2, 0) is 13.0 Å². The van der Waals surface area contributed by atoms with Crippen LogP contribution in [0.2, 0.25) is 0 Å². The Balaban J connectivity index is 0.00000480. The summed E-state index contributed by atoms with van der Waals surface area (Å²) < 4.78 is 2.26. The van der Waals surface area contributed by atoms with Crippen LogP contribution in [0.3, 0.4) is 0 Å². The van der Waals surface area contributed by atoms with Gasteiger partial charge in [0, 0.05) is 39.2 Å². The van der Waals surface area contributed by atoms with E-state index in [1.54, 1.807) is 11.8 Å². The molecule has 9 heteroatoms. The zero-order valence-electron chi connectivity index (χ0n) is 19.8. The Morgan fingerprint density at radius 1 is 1.23 bits per heavy atom. The summed E-state index contributed by atoms with van der Waals surface area (Å²) in [7, 11) is 0. The molecule has 0 spiro atoms. The number of aryl methyl sites for hydroxylation is 1. The average Bonchev–Trinajstić information content (AvgIpc) is 3.11. The smallest absolute Gasteiger partial charge is 0.191 e. The van der Waals surface area contributed by atoms with Crippen molar-refractivity contribution in [2.75, 3.05) is 32.5 Å². The van der Waals surface area contributed by atoms with E-state index < -0.39 is 0 Å². The number of rotatable bonds is 12. The maximum atomic E-state index is 9.54. The van der Waals surface area contributed by atoms with Crippen LogP contribution in [-0.4, -0.2) is 58.3 Å². The number of hydrogen-bond acceptors (Lipinski definition) is 5. The monoisotopic (exact) mass is 566 g/mol. The van der Waals surface area contributed by atoms with Crippen molar-refractivity contribution in [2.45, 2.75) is 83.8 Å². The highest BCUT2D eigenvalue weighted by Crippen LogP contribution is 2.39. The minimum absolute atomic E-state index is 0. The summed E-state index contributed by atoms with van der Waals surface area (Å²) in [5.41, 5.74) is 0.177. The number of halogens is 1. The fourth-order valence-corrected chi connectivity index (χ4v) is 4.79. The molecule has 0 radical (unpaired) electrons. The van der Waals surface area contributed by atoms with E-state index in [2.05, 4.69) is 52.4 Å². The average molecular weight is 567 g/mol. The topological polar surface area (TPSA) is 87.4 Å². The minimum Gasteiger partial charge on any atom is -0.396 e. The van der Waals surface area contributed by atoms with Crippen LogP contribution in [0.25, 0.3) is 0 Å². The Labute approximate surface area is 210 Å². The summed E-state index contributed by atoms with van der Waals surface area (Å²) in [6.45, 7) is 10.3. The predicted molar refractivity (Wildman–Crippen MR) is 142 cm³/mol. The molecule has 1 saturated carbocycles. The van der Waals surface area contributed by atoms with Crippen molar-refractivity contribution in [3.05, 3.63) is 5.82 Å². The summed E-state index contributed by atoms with van der Waals surface area (Å²) in [6, 6.07) is 0. The zero-order chi connectivity index (χ0) is 21.8. The Hall–Kier alpha value is -0.550. The third-order valence-corrected chi connectivity index (χ3v) is 6.53. The fraction of sp³-hybridized carbons (Fsp3) is 0.864. The van der Waals surface area contributed by atoms with Gasteiger partial charge in [0.25, 0.3) is 0 Å².